The molecule has 0 spiro atoms. The van der Waals surface area contributed by atoms with Crippen molar-refractivity contribution in [2.75, 3.05) is 25.6 Å². The van der Waals surface area contributed by atoms with Gasteiger partial charge in [-0.25, -0.2) is 0 Å². The Morgan fingerprint density at radius 2 is 1.62 bits per heavy atom. The maximum Gasteiger partial charge on any atom is 0.118 e. The topological polar surface area (TPSA) is 38.5 Å². The lowest BCUT2D eigenvalue weighted by Gasteiger charge is -2.30. The van der Waals surface area contributed by atoms with Gasteiger partial charge in [0.25, 0.3) is 0 Å². The van der Waals surface area contributed by atoms with Gasteiger partial charge >= 0.3 is 0 Å². The number of ether oxygens (including phenoxy) is 1. The summed E-state index contributed by atoms with van der Waals surface area (Å²) in [5.74, 6) is 0.864. The molecule has 0 fully saturated rings. The minimum Gasteiger partial charge on any atom is -0.497 e. The number of hydrogen-bond donors (Lipinski definition) is 1. The molecule has 2 N–H and O–H groups in total. The number of likely N-dealkylation sites (N-methyl/N-ethyl adjacent to an activating group) is 1. The van der Waals surface area contributed by atoms with E-state index < -0.39 is 0 Å². The first kappa shape index (κ1) is 15.4. The first-order chi connectivity index (χ1) is 10.0. The van der Waals surface area contributed by atoms with E-state index >= 15 is 0 Å². The number of anilines is 1. The molecule has 0 amide bonds. The highest BCUT2D eigenvalue weighted by atomic mass is 16.5. The molecule has 3 heteroatoms. The minimum absolute atomic E-state index is 0.150. The lowest BCUT2D eigenvalue weighted by atomic mass is 10.0. The van der Waals surface area contributed by atoms with Crippen molar-refractivity contribution in [2.45, 2.75) is 19.9 Å². The average molecular weight is 284 g/mol. The van der Waals surface area contributed by atoms with Crippen LogP contribution in [0.1, 0.15) is 22.7 Å². The SMILES string of the molecule is COc1ccc(C(CN)N(C)c2cc(C)cc(C)c2)cc1. The van der Waals surface area contributed by atoms with Crippen molar-refractivity contribution in [3.63, 3.8) is 0 Å². The third-order valence-electron chi connectivity index (χ3n) is 3.81. The quantitative estimate of drug-likeness (QED) is 0.914. The van der Waals surface area contributed by atoms with Gasteiger partial charge in [-0.2, -0.15) is 0 Å². The molecule has 1 unspecified atom stereocenters. The summed E-state index contributed by atoms with van der Waals surface area (Å²) in [7, 11) is 3.77. The van der Waals surface area contributed by atoms with E-state index in [0.717, 1.165) is 5.75 Å². The summed E-state index contributed by atoms with van der Waals surface area (Å²) in [5.41, 5.74) is 10.9. The highest BCUT2D eigenvalue weighted by molar-refractivity contribution is 5.52. The van der Waals surface area contributed by atoms with Crippen LogP contribution in [0.25, 0.3) is 0 Å². The Morgan fingerprint density at radius 3 is 2.10 bits per heavy atom. The number of methoxy groups -OCH3 is 1. The van der Waals surface area contributed by atoms with Crippen LogP contribution in [0, 0.1) is 13.8 Å². The van der Waals surface area contributed by atoms with E-state index in [2.05, 4.69) is 56.1 Å². The number of hydrogen-bond acceptors (Lipinski definition) is 3. The van der Waals surface area contributed by atoms with Gasteiger partial charge in [0, 0.05) is 19.3 Å². The van der Waals surface area contributed by atoms with Gasteiger partial charge in [0.15, 0.2) is 0 Å². The number of nitrogens with zero attached hydrogens (tertiary/aromatic N) is 1. The third-order valence-corrected chi connectivity index (χ3v) is 3.81. The zero-order valence-electron chi connectivity index (χ0n) is 13.3. The Labute approximate surface area is 127 Å². The molecule has 0 saturated heterocycles. The van der Waals surface area contributed by atoms with Gasteiger partial charge in [0.1, 0.15) is 5.75 Å². The molecule has 2 aromatic carbocycles. The van der Waals surface area contributed by atoms with E-state index in [1.54, 1.807) is 7.11 Å². The van der Waals surface area contributed by atoms with Crippen LogP contribution >= 0.6 is 0 Å². The van der Waals surface area contributed by atoms with Crippen LogP contribution in [0.4, 0.5) is 5.69 Å². The summed E-state index contributed by atoms with van der Waals surface area (Å²) in [6, 6.07) is 14.8. The van der Waals surface area contributed by atoms with E-state index in [1.165, 1.54) is 22.4 Å². The standard InChI is InChI=1S/C18H24N2O/c1-13-9-14(2)11-16(10-13)20(3)18(12-19)15-5-7-17(21-4)8-6-15/h5-11,18H,12,19H2,1-4H3. The first-order valence-corrected chi connectivity index (χ1v) is 7.20. The highest BCUT2D eigenvalue weighted by Gasteiger charge is 2.16. The fraction of sp³-hybridized carbons (Fsp3) is 0.333. The molecule has 0 aliphatic heterocycles. The van der Waals surface area contributed by atoms with Gasteiger partial charge in [-0.15, -0.1) is 0 Å². The van der Waals surface area contributed by atoms with Crippen LogP contribution in [-0.4, -0.2) is 20.7 Å². The summed E-state index contributed by atoms with van der Waals surface area (Å²) in [6.45, 7) is 4.81. The van der Waals surface area contributed by atoms with Crippen molar-refractivity contribution in [1.82, 2.24) is 0 Å². The predicted molar refractivity (Wildman–Crippen MR) is 89.1 cm³/mol. The van der Waals surface area contributed by atoms with E-state index in [9.17, 15) is 0 Å². The Hall–Kier alpha value is -2.00. The number of benzene rings is 2. The summed E-state index contributed by atoms with van der Waals surface area (Å²) in [6.07, 6.45) is 0. The van der Waals surface area contributed by atoms with E-state index in [1.807, 2.05) is 12.1 Å². The molecule has 1 atom stereocenters. The normalized spacial score (nSPS) is 12.0. The summed E-state index contributed by atoms with van der Waals surface area (Å²) in [4.78, 5) is 2.24. The summed E-state index contributed by atoms with van der Waals surface area (Å²) < 4.78 is 5.21. The second kappa shape index (κ2) is 6.64. The van der Waals surface area contributed by atoms with E-state index in [-0.39, 0.29) is 6.04 Å². The van der Waals surface area contributed by atoms with Crippen LogP contribution in [0.2, 0.25) is 0 Å². The molecule has 0 radical (unpaired) electrons. The van der Waals surface area contributed by atoms with Gasteiger partial charge in [0.2, 0.25) is 0 Å². The molecule has 112 valence electrons. The predicted octanol–water partition coefficient (Wildman–Crippen LogP) is 3.45. The summed E-state index contributed by atoms with van der Waals surface area (Å²) >= 11 is 0. The molecule has 0 saturated carbocycles. The molecular formula is C18H24N2O. The van der Waals surface area contributed by atoms with Gasteiger partial charge < -0.3 is 15.4 Å². The van der Waals surface area contributed by atoms with Crippen LogP contribution < -0.4 is 15.4 Å². The largest absolute Gasteiger partial charge is 0.497 e. The lowest BCUT2D eigenvalue weighted by molar-refractivity contribution is 0.414. The number of nitrogens with two attached hydrogens (primary N) is 1. The van der Waals surface area contributed by atoms with Crippen LogP contribution in [0.5, 0.6) is 5.75 Å². The van der Waals surface area contributed by atoms with Crippen molar-refractivity contribution < 1.29 is 4.74 Å². The lowest BCUT2D eigenvalue weighted by Crippen LogP contribution is -2.30. The molecule has 0 heterocycles. The second-order valence-electron chi connectivity index (χ2n) is 5.48. The zero-order chi connectivity index (χ0) is 15.4. The van der Waals surface area contributed by atoms with E-state index in [0.29, 0.717) is 6.54 Å². The van der Waals surface area contributed by atoms with Gasteiger partial charge in [0.05, 0.1) is 13.2 Å². The Bertz CT molecular complexity index is 572. The van der Waals surface area contributed by atoms with Crippen molar-refractivity contribution in [1.29, 1.82) is 0 Å². The fourth-order valence-corrected chi connectivity index (χ4v) is 2.68. The van der Waals surface area contributed by atoms with Gasteiger partial charge in [-0.3, -0.25) is 0 Å². The van der Waals surface area contributed by atoms with Crippen molar-refractivity contribution in [3.8, 4) is 5.75 Å². The number of aryl methyl sites for hydroxylation is 2. The van der Waals surface area contributed by atoms with Crippen molar-refractivity contribution >= 4 is 5.69 Å². The van der Waals surface area contributed by atoms with Crippen molar-refractivity contribution in [2.24, 2.45) is 5.73 Å². The van der Waals surface area contributed by atoms with Gasteiger partial charge in [-0.05, 0) is 54.8 Å². The minimum atomic E-state index is 0.150. The molecule has 0 aliphatic carbocycles. The molecule has 21 heavy (non-hydrogen) atoms. The molecule has 2 rings (SSSR count). The number of rotatable bonds is 5. The van der Waals surface area contributed by atoms with Gasteiger partial charge in [-0.1, -0.05) is 18.2 Å². The molecule has 0 bridgehead atoms. The van der Waals surface area contributed by atoms with Crippen LogP contribution in [0.3, 0.4) is 0 Å². The Balaban J connectivity index is 2.30. The summed E-state index contributed by atoms with van der Waals surface area (Å²) in [5, 5.41) is 0. The highest BCUT2D eigenvalue weighted by Crippen LogP contribution is 2.27. The molecule has 0 aromatic heterocycles. The van der Waals surface area contributed by atoms with Crippen molar-refractivity contribution in [3.05, 3.63) is 59.2 Å². The smallest absolute Gasteiger partial charge is 0.118 e. The third kappa shape index (κ3) is 3.56. The fourth-order valence-electron chi connectivity index (χ4n) is 2.68. The van der Waals surface area contributed by atoms with Crippen LogP contribution in [0.15, 0.2) is 42.5 Å². The maximum absolute atomic E-state index is 6.02. The zero-order valence-corrected chi connectivity index (χ0v) is 13.3. The average Bonchev–Trinajstić information content (AvgIpc) is 2.47. The Morgan fingerprint density at radius 1 is 1.05 bits per heavy atom. The van der Waals surface area contributed by atoms with E-state index in [4.69, 9.17) is 10.5 Å². The monoisotopic (exact) mass is 284 g/mol. The molecular weight excluding hydrogens is 260 g/mol. The molecule has 3 nitrogen and oxygen atoms in total. The second-order valence-corrected chi connectivity index (χ2v) is 5.48. The van der Waals surface area contributed by atoms with Crippen LogP contribution in [-0.2, 0) is 0 Å². The Kier molecular flexibility index (Phi) is 4.86. The molecule has 2 aromatic rings. The first-order valence-electron chi connectivity index (χ1n) is 7.20. The molecule has 0 aliphatic rings. The maximum atomic E-state index is 6.02.